The van der Waals surface area contributed by atoms with Crippen LogP contribution in [0.25, 0.3) is 11.1 Å². The number of methoxy groups -OCH3 is 1. The van der Waals surface area contributed by atoms with Crippen LogP contribution in [0.15, 0.2) is 18.2 Å². The number of thiophene rings is 1. The molecule has 3 heteroatoms. The fourth-order valence-electron chi connectivity index (χ4n) is 2.39. The molecule has 2 rings (SSSR count). The number of nitrogens with two attached hydrogens (primary N) is 1. The molecule has 102 valence electrons. The molecule has 0 atom stereocenters. The van der Waals surface area contributed by atoms with Crippen LogP contribution < -0.4 is 10.5 Å². The molecule has 0 amide bonds. The Balaban J connectivity index is 2.64. The molecule has 0 radical (unpaired) electrons. The van der Waals surface area contributed by atoms with Gasteiger partial charge in [0.25, 0.3) is 0 Å². The maximum Gasteiger partial charge on any atom is 0.122 e. The summed E-state index contributed by atoms with van der Waals surface area (Å²) in [7, 11) is 1.73. The van der Waals surface area contributed by atoms with Crippen molar-refractivity contribution in [1.82, 2.24) is 0 Å². The van der Waals surface area contributed by atoms with Gasteiger partial charge in [0.15, 0.2) is 0 Å². The van der Waals surface area contributed by atoms with E-state index in [0.717, 1.165) is 10.8 Å². The van der Waals surface area contributed by atoms with Crippen molar-refractivity contribution < 1.29 is 4.74 Å². The van der Waals surface area contributed by atoms with E-state index in [2.05, 4.69) is 45.9 Å². The van der Waals surface area contributed by atoms with E-state index in [0.29, 0.717) is 5.92 Å². The molecule has 1 aromatic carbocycles. The Morgan fingerprint density at radius 3 is 2.26 bits per heavy atom. The Morgan fingerprint density at radius 2 is 1.79 bits per heavy atom. The Kier molecular flexibility index (Phi) is 3.85. The fourth-order valence-corrected chi connectivity index (χ4v) is 3.20. The molecule has 0 fully saturated rings. The van der Waals surface area contributed by atoms with Crippen LogP contribution in [0.4, 0.5) is 5.00 Å². The first kappa shape index (κ1) is 13.9. The molecule has 0 saturated heterocycles. The maximum absolute atomic E-state index is 5.91. The lowest BCUT2D eigenvalue weighted by atomic mass is 9.93. The summed E-state index contributed by atoms with van der Waals surface area (Å²) < 4.78 is 5.49. The maximum atomic E-state index is 5.91. The van der Waals surface area contributed by atoms with Gasteiger partial charge in [0, 0.05) is 4.88 Å². The van der Waals surface area contributed by atoms with Gasteiger partial charge >= 0.3 is 0 Å². The van der Waals surface area contributed by atoms with E-state index in [1.165, 1.54) is 27.1 Å². The first-order valence-corrected chi connectivity index (χ1v) is 7.30. The van der Waals surface area contributed by atoms with Gasteiger partial charge in [-0.15, -0.1) is 11.3 Å². The lowest BCUT2D eigenvalue weighted by Gasteiger charge is -2.16. The minimum absolute atomic E-state index is 0.436. The molecule has 2 aromatic rings. The molecular weight excluding hydrogens is 254 g/mol. The lowest BCUT2D eigenvalue weighted by molar-refractivity contribution is 0.407. The van der Waals surface area contributed by atoms with Crippen LogP contribution in [-0.4, -0.2) is 7.11 Å². The Morgan fingerprint density at radius 1 is 1.11 bits per heavy atom. The Hall–Kier alpha value is -1.48. The molecule has 1 heterocycles. The van der Waals surface area contributed by atoms with Crippen molar-refractivity contribution in [3.8, 4) is 16.9 Å². The summed E-state index contributed by atoms with van der Waals surface area (Å²) in [4.78, 5) is 1.26. The average Bonchev–Trinajstić information content (AvgIpc) is 2.67. The molecule has 0 spiro atoms. The fraction of sp³-hybridized carbons (Fsp3) is 0.375. The minimum Gasteiger partial charge on any atom is -0.496 e. The highest BCUT2D eigenvalue weighted by Gasteiger charge is 2.14. The Bertz CT molecular complexity index is 599. The lowest BCUT2D eigenvalue weighted by Crippen LogP contribution is -1.97. The highest BCUT2D eigenvalue weighted by molar-refractivity contribution is 7.16. The molecular formula is C16H21NOS. The van der Waals surface area contributed by atoms with Gasteiger partial charge in [0.2, 0.25) is 0 Å². The number of ether oxygens (including phenoxy) is 1. The summed E-state index contributed by atoms with van der Waals surface area (Å²) >= 11 is 1.64. The summed E-state index contributed by atoms with van der Waals surface area (Å²) in [6, 6.07) is 6.43. The third kappa shape index (κ3) is 2.61. The number of hydrogen-bond acceptors (Lipinski definition) is 3. The summed E-state index contributed by atoms with van der Waals surface area (Å²) in [6.45, 7) is 8.61. The minimum atomic E-state index is 0.436. The number of rotatable bonds is 3. The average molecular weight is 275 g/mol. The van der Waals surface area contributed by atoms with Crippen molar-refractivity contribution in [2.75, 3.05) is 12.8 Å². The molecule has 2 N–H and O–H groups in total. The molecule has 0 saturated carbocycles. The van der Waals surface area contributed by atoms with Crippen molar-refractivity contribution in [1.29, 1.82) is 0 Å². The zero-order valence-corrected chi connectivity index (χ0v) is 13.0. The normalized spacial score (nSPS) is 11.1. The van der Waals surface area contributed by atoms with Crippen molar-refractivity contribution in [3.05, 3.63) is 34.2 Å². The molecule has 0 unspecified atom stereocenters. The standard InChI is InChI=1S/C16H21NOS/c1-9(2)12-7-13(10(3)6-15(12)18-5)14-8-16(17)19-11(14)4/h6-9H,17H2,1-5H3. The van der Waals surface area contributed by atoms with Crippen molar-refractivity contribution in [2.24, 2.45) is 0 Å². The van der Waals surface area contributed by atoms with Gasteiger partial charge < -0.3 is 10.5 Å². The van der Waals surface area contributed by atoms with Crippen LogP contribution >= 0.6 is 11.3 Å². The van der Waals surface area contributed by atoms with Crippen LogP contribution in [0.1, 0.15) is 35.8 Å². The third-order valence-electron chi connectivity index (χ3n) is 3.43. The van der Waals surface area contributed by atoms with E-state index < -0.39 is 0 Å². The van der Waals surface area contributed by atoms with E-state index in [9.17, 15) is 0 Å². The predicted molar refractivity (Wildman–Crippen MR) is 84.3 cm³/mol. The molecule has 0 aliphatic heterocycles. The number of benzene rings is 1. The van der Waals surface area contributed by atoms with Gasteiger partial charge in [0.1, 0.15) is 5.75 Å². The molecule has 2 nitrogen and oxygen atoms in total. The topological polar surface area (TPSA) is 35.2 Å². The van der Waals surface area contributed by atoms with Crippen LogP contribution in [0, 0.1) is 13.8 Å². The van der Waals surface area contributed by atoms with E-state index in [-0.39, 0.29) is 0 Å². The highest BCUT2D eigenvalue weighted by Crippen LogP contribution is 2.38. The van der Waals surface area contributed by atoms with Crippen LogP contribution in [0.5, 0.6) is 5.75 Å². The monoisotopic (exact) mass is 275 g/mol. The zero-order valence-electron chi connectivity index (χ0n) is 12.2. The summed E-state index contributed by atoms with van der Waals surface area (Å²) in [5.41, 5.74) is 10.9. The van der Waals surface area contributed by atoms with Crippen LogP contribution in [0.2, 0.25) is 0 Å². The van der Waals surface area contributed by atoms with Crippen molar-refractivity contribution in [2.45, 2.75) is 33.6 Å². The summed E-state index contributed by atoms with van der Waals surface area (Å²) in [5, 5.41) is 0.869. The second kappa shape index (κ2) is 5.25. The molecule has 1 aromatic heterocycles. The predicted octanol–water partition coefficient (Wildman–Crippen LogP) is 4.75. The van der Waals surface area contributed by atoms with Crippen LogP contribution in [-0.2, 0) is 0 Å². The van der Waals surface area contributed by atoms with Gasteiger partial charge in [-0.1, -0.05) is 13.8 Å². The molecule has 0 aliphatic rings. The first-order chi connectivity index (χ1) is 8.93. The highest BCUT2D eigenvalue weighted by atomic mass is 32.1. The van der Waals surface area contributed by atoms with E-state index in [4.69, 9.17) is 10.5 Å². The number of hydrogen-bond donors (Lipinski definition) is 1. The number of nitrogen functional groups attached to an aromatic ring is 1. The number of anilines is 1. The Labute approximate surface area is 119 Å². The summed E-state index contributed by atoms with van der Waals surface area (Å²) in [6.07, 6.45) is 0. The van der Waals surface area contributed by atoms with Crippen molar-refractivity contribution in [3.63, 3.8) is 0 Å². The molecule has 0 bridgehead atoms. The van der Waals surface area contributed by atoms with E-state index in [1.807, 2.05) is 0 Å². The van der Waals surface area contributed by atoms with Gasteiger partial charge in [-0.25, -0.2) is 0 Å². The third-order valence-corrected chi connectivity index (χ3v) is 4.31. The van der Waals surface area contributed by atoms with Gasteiger partial charge in [-0.2, -0.15) is 0 Å². The zero-order chi connectivity index (χ0) is 14.2. The first-order valence-electron chi connectivity index (χ1n) is 6.48. The molecule has 19 heavy (non-hydrogen) atoms. The van der Waals surface area contributed by atoms with E-state index >= 15 is 0 Å². The van der Waals surface area contributed by atoms with Gasteiger partial charge in [0.05, 0.1) is 12.1 Å². The summed E-state index contributed by atoms with van der Waals surface area (Å²) in [5.74, 6) is 1.41. The number of aryl methyl sites for hydroxylation is 2. The molecule has 0 aliphatic carbocycles. The van der Waals surface area contributed by atoms with Crippen molar-refractivity contribution >= 4 is 16.3 Å². The van der Waals surface area contributed by atoms with E-state index in [1.54, 1.807) is 18.4 Å². The second-order valence-corrected chi connectivity index (χ2v) is 6.47. The van der Waals surface area contributed by atoms with Gasteiger partial charge in [-0.3, -0.25) is 0 Å². The smallest absolute Gasteiger partial charge is 0.122 e. The largest absolute Gasteiger partial charge is 0.496 e. The van der Waals surface area contributed by atoms with Crippen LogP contribution in [0.3, 0.4) is 0 Å². The van der Waals surface area contributed by atoms with Gasteiger partial charge in [-0.05, 0) is 60.2 Å². The SMILES string of the molecule is COc1cc(C)c(-c2cc(N)sc2C)cc1C(C)C. The quantitative estimate of drug-likeness (QED) is 0.877. The second-order valence-electron chi connectivity index (χ2n) is 5.18.